The highest BCUT2D eigenvalue weighted by atomic mass is 32.2. The number of aryl methyl sites for hydroxylation is 1. The van der Waals surface area contributed by atoms with Crippen LogP contribution in [0.5, 0.6) is 0 Å². The van der Waals surface area contributed by atoms with E-state index < -0.39 is 27.5 Å². The van der Waals surface area contributed by atoms with E-state index in [0.29, 0.717) is 4.70 Å². The molecule has 164 valence electrons. The van der Waals surface area contributed by atoms with E-state index in [0.717, 1.165) is 16.9 Å². The number of sulfone groups is 1. The van der Waals surface area contributed by atoms with Crippen molar-refractivity contribution in [1.29, 1.82) is 0 Å². The fourth-order valence-electron chi connectivity index (χ4n) is 2.95. The van der Waals surface area contributed by atoms with Crippen LogP contribution >= 0.6 is 11.3 Å². The standard InChI is InChI=1S/C21H21FN2O5S2/c1-14-8-10-15(11-9-14)31(27,28)12-4-7-18(25)23-21-24(13-19(26)29-2)20-16(22)5-3-6-17(20)30-21/h3,5-6,8-11H,4,7,12-13H2,1-2H3. The van der Waals surface area contributed by atoms with Crippen molar-refractivity contribution in [2.24, 2.45) is 4.99 Å². The molecule has 1 heterocycles. The number of nitrogens with zero attached hydrogens (tertiary/aromatic N) is 2. The first-order chi connectivity index (χ1) is 14.7. The summed E-state index contributed by atoms with van der Waals surface area (Å²) in [5.74, 6) is -1.90. The first-order valence-electron chi connectivity index (χ1n) is 9.43. The Balaban J connectivity index is 1.79. The lowest BCUT2D eigenvalue weighted by Gasteiger charge is -2.05. The number of thiazole rings is 1. The SMILES string of the molecule is COC(=O)Cn1c(=NC(=O)CCCS(=O)(=O)c2ccc(C)cc2)sc2cccc(F)c21. The summed E-state index contributed by atoms with van der Waals surface area (Å²) in [5.41, 5.74) is 1.11. The third-order valence-electron chi connectivity index (χ3n) is 4.57. The third-order valence-corrected chi connectivity index (χ3v) is 7.43. The number of carbonyl (C=O) groups excluding carboxylic acids is 2. The third kappa shape index (κ3) is 5.45. The van der Waals surface area contributed by atoms with Crippen LogP contribution in [-0.2, 0) is 30.7 Å². The number of rotatable bonds is 7. The smallest absolute Gasteiger partial charge is 0.325 e. The van der Waals surface area contributed by atoms with Gasteiger partial charge in [0.25, 0.3) is 0 Å². The summed E-state index contributed by atoms with van der Waals surface area (Å²) in [6.07, 6.45) is -0.00512. The number of esters is 1. The molecule has 10 heteroatoms. The van der Waals surface area contributed by atoms with E-state index in [2.05, 4.69) is 9.73 Å². The minimum atomic E-state index is -3.51. The van der Waals surface area contributed by atoms with Gasteiger partial charge in [-0.2, -0.15) is 4.99 Å². The van der Waals surface area contributed by atoms with Crippen LogP contribution in [0.15, 0.2) is 52.4 Å². The number of aromatic nitrogens is 1. The lowest BCUT2D eigenvalue weighted by Crippen LogP contribution is -2.23. The minimum absolute atomic E-state index is 0.0921. The van der Waals surface area contributed by atoms with Crippen LogP contribution in [0.4, 0.5) is 4.39 Å². The van der Waals surface area contributed by atoms with Gasteiger partial charge >= 0.3 is 5.97 Å². The van der Waals surface area contributed by atoms with E-state index >= 15 is 0 Å². The fourth-order valence-corrected chi connectivity index (χ4v) is 5.32. The van der Waals surface area contributed by atoms with E-state index in [1.807, 2.05) is 6.92 Å². The number of ether oxygens (including phenoxy) is 1. The van der Waals surface area contributed by atoms with E-state index in [1.165, 1.54) is 23.8 Å². The van der Waals surface area contributed by atoms with Crippen molar-refractivity contribution < 1.29 is 27.1 Å². The molecule has 2 aromatic carbocycles. The fraction of sp³-hybridized carbons (Fsp3) is 0.286. The number of methoxy groups -OCH3 is 1. The monoisotopic (exact) mass is 464 g/mol. The van der Waals surface area contributed by atoms with E-state index in [4.69, 9.17) is 0 Å². The molecule has 0 aliphatic rings. The Morgan fingerprint density at radius 3 is 2.55 bits per heavy atom. The average molecular weight is 465 g/mol. The van der Waals surface area contributed by atoms with Crippen LogP contribution in [0, 0.1) is 12.7 Å². The van der Waals surface area contributed by atoms with Crippen LogP contribution in [0.1, 0.15) is 18.4 Å². The van der Waals surface area contributed by atoms with Gasteiger partial charge in [0, 0.05) is 6.42 Å². The molecule has 0 radical (unpaired) electrons. The second-order valence-corrected chi connectivity index (χ2v) is 9.99. The van der Waals surface area contributed by atoms with E-state index in [1.54, 1.807) is 30.3 Å². The summed E-state index contributed by atoms with van der Waals surface area (Å²) in [6.45, 7) is 1.56. The maximum absolute atomic E-state index is 14.3. The van der Waals surface area contributed by atoms with Gasteiger partial charge in [0.15, 0.2) is 14.6 Å². The van der Waals surface area contributed by atoms with Gasteiger partial charge in [-0.05, 0) is 37.6 Å². The molecule has 0 unspecified atom stereocenters. The molecule has 3 aromatic rings. The van der Waals surface area contributed by atoms with E-state index in [9.17, 15) is 22.4 Å². The molecule has 0 spiro atoms. The zero-order chi connectivity index (χ0) is 22.6. The second-order valence-electron chi connectivity index (χ2n) is 6.87. The number of benzene rings is 2. The van der Waals surface area contributed by atoms with Gasteiger partial charge in [-0.3, -0.25) is 9.59 Å². The Kier molecular flexibility index (Phi) is 7.01. The molecule has 0 N–H and O–H groups in total. The van der Waals surface area contributed by atoms with Crippen LogP contribution < -0.4 is 4.80 Å². The number of para-hydroxylation sites is 1. The van der Waals surface area contributed by atoms with Crippen molar-refractivity contribution in [2.45, 2.75) is 31.2 Å². The topological polar surface area (TPSA) is 94.8 Å². The van der Waals surface area contributed by atoms with Crippen LogP contribution in [0.3, 0.4) is 0 Å². The Hall–Kier alpha value is -2.85. The van der Waals surface area contributed by atoms with Gasteiger partial charge in [-0.1, -0.05) is 35.1 Å². The molecular formula is C21H21FN2O5S2. The average Bonchev–Trinajstić information content (AvgIpc) is 3.06. The Bertz CT molecular complexity index is 1290. The summed E-state index contributed by atoms with van der Waals surface area (Å²) in [6, 6.07) is 11.0. The highest BCUT2D eigenvalue weighted by Crippen LogP contribution is 2.20. The van der Waals surface area contributed by atoms with Crippen LogP contribution in [-0.4, -0.2) is 37.7 Å². The summed E-state index contributed by atoms with van der Waals surface area (Å²) in [7, 11) is -2.29. The van der Waals surface area contributed by atoms with Crippen molar-refractivity contribution in [1.82, 2.24) is 4.57 Å². The molecule has 0 bridgehead atoms. The molecular weight excluding hydrogens is 443 g/mol. The second kappa shape index (κ2) is 9.52. The van der Waals surface area contributed by atoms with Crippen molar-refractivity contribution >= 4 is 43.3 Å². The molecule has 0 aliphatic heterocycles. The quantitative estimate of drug-likeness (QED) is 0.501. The molecule has 0 fully saturated rings. The predicted molar refractivity (Wildman–Crippen MR) is 115 cm³/mol. The maximum Gasteiger partial charge on any atom is 0.325 e. The first-order valence-corrected chi connectivity index (χ1v) is 11.9. The zero-order valence-corrected chi connectivity index (χ0v) is 18.6. The Morgan fingerprint density at radius 2 is 1.87 bits per heavy atom. The number of fused-ring (bicyclic) bond motifs is 1. The zero-order valence-electron chi connectivity index (χ0n) is 17.0. The maximum atomic E-state index is 14.3. The highest BCUT2D eigenvalue weighted by molar-refractivity contribution is 7.91. The first kappa shape index (κ1) is 22.8. The largest absolute Gasteiger partial charge is 0.468 e. The van der Waals surface area contributed by atoms with Gasteiger partial charge in [0.1, 0.15) is 12.4 Å². The van der Waals surface area contributed by atoms with Gasteiger partial charge in [0.05, 0.1) is 28.0 Å². The van der Waals surface area contributed by atoms with Crippen molar-refractivity contribution in [2.75, 3.05) is 12.9 Å². The summed E-state index contributed by atoms with van der Waals surface area (Å²) < 4.78 is 45.6. The van der Waals surface area contributed by atoms with Gasteiger partial charge in [0.2, 0.25) is 5.91 Å². The van der Waals surface area contributed by atoms with Crippen molar-refractivity contribution in [3.63, 3.8) is 0 Å². The summed E-state index contributed by atoms with van der Waals surface area (Å²) in [5, 5.41) is 0. The number of carbonyl (C=O) groups is 2. The normalized spacial score (nSPS) is 12.3. The van der Waals surface area contributed by atoms with Gasteiger partial charge < -0.3 is 9.30 Å². The lowest BCUT2D eigenvalue weighted by molar-refractivity contribution is -0.141. The van der Waals surface area contributed by atoms with Crippen LogP contribution in [0.2, 0.25) is 0 Å². The van der Waals surface area contributed by atoms with Crippen molar-refractivity contribution in [3.05, 3.63) is 58.6 Å². The molecule has 3 rings (SSSR count). The lowest BCUT2D eigenvalue weighted by atomic mass is 10.2. The van der Waals surface area contributed by atoms with Gasteiger partial charge in [-0.25, -0.2) is 12.8 Å². The molecule has 0 atom stereocenters. The molecule has 0 aliphatic carbocycles. The Labute approximate surface area is 182 Å². The van der Waals surface area contributed by atoms with Gasteiger partial charge in [-0.15, -0.1) is 0 Å². The number of hydrogen-bond acceptors (Lipinski definition) is 6. The molecule has 1 amide bonds. The number of hydrogen-bond donors (Lipinski definition) is 0. The molecule has 0 saturated heterocycles. The molecule has 0 saturated carbocycles. The summed E-state index contributed by atoms with van der Waals surface area (Å²) in [4.78, 5) is 28.5. The molecule has 31 heavy (non-hydrogen) atoms. The van der Waals surface area contributed by atoms with Crippen LogP contribution in [0.25, 0.3) is 10.2 Å². The predicted octanol–water partition coefficient (Wildman–Crippen LogP) is 3.00. The van der Waals surface area contributed by atoms with E-state index in [-0.39, 0.29) is 40.4 Å². The number of halogens is 1. The number of amides is 1. The Morgan fingerprint density at radius 1 is 1.16 bits per heavy atom. The molecule has 1 aromatic heterocycles. The highest BCUT2D eigenvalue weighted by Gasteiger charge is 2.17. The minimum Gasteiger partial charge on any atom is -0.468 e. The summed E-state index contributed by atoms with van der Waals surface area (Å²) >= 11 is 1.07. The molecule has 7 nitrogen and oxygen atoms in total. The van der Waals surface area contributed by atoms with Crippen molar-refractivity contribution in [3.8, 4) is 0 Å².